The molecule has 5 rings (SSSR count). The number of benzene rings is 2. The number of hydrogen-bond donors (Lipinski definition) is 2. The van der Waals surface area contributed by atoms with Gasteiger partial charge in [-0.25, -0.2) is 9.48 Å². The third-order valence-corrected chi connectivity index (χ3v) is 9.76. The molecular formula is C36H47N5O5. The first-order chi connectivity index (χ1) is 21.6. The van der Waals surface area contributed by atoms with E-state index >= 15 is 0 Å². The number of esters is 1. The molecule has 2 amide bonds. The summed E-state index contributed by atoms with van der Waals surface area (Å²) < 4.78 is 12.2. The number of aromatic nitrogens is 3. The molecule has 3 aromatic rings. The Bertz CT molecular complexity index is 1640. The predicted molar refractivity (Wildman–Crippen MR) is 178 cm³/mol. The van der Waals surface area contributed by atoms with Crippen molar-refractivity contribution in [2.45, 2.75) is 104 Å². The highest BCUT2D eigenvalue weighted by Gasteiger charge is 2.56. The van der Waals surface area contributed by atoms with Gasteiger partial charge in [-0.15, -0.1) is 5.10 Å². The zero-order valence-electron chi connectivity index (χ0n) is 28.3. The molecule has 46 heavy (non-hydrogen) atoms. The van der Waals surface area contributed by atoms with Crippen molar-refractivity contribution in [3.8, 4) is 11.3 Å². The zero-order valence-corrected chi connectivity index (χ0v) is 28.3. The Balaban J connectivity index is 1.36. The van der Waals surface area contributed by atoms with Crippen molar-refractivity contribution >= 4 is 29.3 Å². The fourth-order valence-electron chi connectivity index (χ4n) is 7.70. The van der Waals surface area contributed by atoms with Crippen molar-refractivity contribution in [1.82, 2.24) is 15.0 Å². The molecule has 2 N–H and O–H groups in total. The number of rotatable bonds is 7. The van der Waals surface area contributed by atoms with Crippen LogP contribution in [0, 0.1) is 11.3 Å². The van der Waals surface area contributed by atoms with E-state index in [1.807, 2.05) is 32.9 Å². The van der Waals surface area contributed by atoms with Gasteiger partial charge >= 0.3 is 12.1 Å². The third kappa shape index (κ3) is 6.52. The van der Waals surface area contributed by atoms with E-state index in [2.05, 4.69) is 60.8 Å². The van der Waals surface area contributed by atoms with Crippen LogP contribution in [-0.2, 0) is 37.4 Å². The van der Waals surface area contributed by atoms with Gasteiger partial charge in [0.1, 0.15) is 17.8 Å². The Hall–Kier alpha value is -4.21. The lowest BCUT2D eigenvalue weighted by Crippen LogP contribution is -2.52. The molecule has 246 valence electrons. The molecule has 1 fully saturated rings. The average molecular weight is 630 g/mol. The summed E-state index contributed by atoms with van der Waals surface area (Å²) in [6.07, 6.45) is 5.57. The molecule has 10 nitrogen and oxygen atoms in total. The highest BCUT2D eigenvalue weighted by molar-refractivity contribution is 5.93. The zero-order chi connectivity index (χ0) is 33.4. The smallest absolute Gasteiger partial charge is 0.412 e. The Kier molecular flexibility index (Phi) is 9.03. The van der Waals surface area contributed by atoms with Crippen LogP contribution in [-0.4, -0.2) is 45.7 Å². The van der Waals surface area contributed by atoms with Crippen LogP contribution in [0.15, 0.2) is 42.6 Å². The molecule has 3 atom stereocenters. The Morgan fingerprint density at radius 1 is 1.09 bits per heavy atom. The molecule has 10 heteroatoms. The fourth-order valence-corrected chi connectivity index (χ4v) is 7.70. The van der Waals surface area contributed by atoms with Crippen LogP contribution < -0.4 is 10.6 Å². The van der Waals surface area contributed by atoms with Gasteiger partial charge in [-0.3, -0.25) is 14.9 Å². The molecule has 1 heterocycles. The number of ether oxygens (including phenoxy) is 2. The summed E-state index contributed by atoms with van der Waals surface area (Å²) in [5.74, 6) is 0.0470. The van der Waals surface area contributed by atoms with E-state index in [0.717, 1.165) is 48.9 Å². The van der Waals surface area contributed by atoms with Crippen molar-refractivity contribution in [3.05, 3.63) is 59.3 Å². The molecule has 2 aliphatic carbocycles. The number of anilines is 2. The van der Waals surface area contributed by atoms with E-state index in [4.69, 9.17) is 9.47 Å². The summed E-state index contributed by atoms with van der Waals surface area (Å²) in [4.78, 5) is 38.8. The summed E-state index contributed by atoms with van der Waals surface area (Å²) in [7, 11) is 1.48. The molecule has 0 spiro atoms. The van der Waals surface area contributed by atoms with Crippen LogP contribution in [0.5, 0.6) is 0 Å². The quantitative estimate of drug-likeness (QED) is 0.264. The Labute approximate surface area is 271 Å². The first-order valence-electron chi connectivity index (χ1n) is 16.2. The van der Waals surface area contributed by atoms with Crippen molar-refractivity contribution in [2.75, 3.05) is 17.7 Å². The van der Waals surface area contributed by atoms with Gasteiger partial charge in [-0.1, -0.05) is 56.7 Å². The average Bonchev–Trinajstić information content (AvgIpc) is 3.44. The number of nitrogens with one attached hydrogen (secondary N) is 2. The topological polar surface area (TPSA) is 124 Å². The lowest BCUT2D eigenvalue weighted by atomic mass is 9.49. The van der Waals surface area contributed by atoms with E-state index in [-0.39, 0.29) is 35.7 Å². The van der Waals surface area contributed by atoms with Gasteiger partial charge < -0.3 is 14.8 Å². The normalized spacial score (nSPS) is 22.4. The fraction of sp³-hybridized carbons (Fsp3) is 0.528. The van der Waals surface area contributed by atoms with Crippen molar-refractivity contribution in [2.24, 2.45) is 11.3 Å². The summed E-state index contributed by atoms with van der Waals surface area (Å²) >= 11 is 0. The number of carbonyl (C=O) groups excluding carboxylic acids is 3. The molecule has 1 aromatic heterocycles. The van der Waals surface area contributed by atoms with Crippen LogP contribution in [0.1, 0.15) is 96.8 Å². The SMILES string of the molecule is COC(=O)[C@]1(C)CCC[C@]2(C)c3ccc(C(C)C)c(NC(=O)Cn4cc(-c5cccc(NC(=O)OC(C)(C)C)c5)nn4)c3CC[C@@H]12. The number of amides is 2. The molecule has 0 aliphatic heterocycles. The summed E-state index contributed by atoms with van der Waals surface area (Å²) in [5.41, 5.74) is 4.91. The second kappa shape index (κ2) is 12.5. The lowest BCUT2D eigenvalue weighted by molar-refractivity contribution is -0.161. The van der Waals surface area contributed by atoms with Gasteiger partial charge in [-0.05, 0) is 99.5 Å². The van der Waals surface area contributed by atoms with Crippen molar-refractivity contribution in [1.29, 1.82) is 0 Å². The molecule has 1 saturated carbocycles. The number of fused-ring (bicyclic) bond motifs is 3. The Morgan fingerprint density at radius 2 is 1.85 bits per heavy atom. The largest absolute Gasteiger partial charge is 0.469 e. The summed E-state index contributed by atoms with van der Waals surface area (Å²) in [5, 5.41) is 14.5. The Morgan fingerprint density at radius 3 is 2.54 bits per heavy atom. The van der Waals surface area contributed by atoms with Crippen LogP contribution in [0.2, 0.25) is 0 Å². The number of nitrogens with zero attached hydrogens (tertiary/aromatic N) is 3. The molecule has 0 radical (unpaired) electrons. The molecule has 0 bridgehead atoms. The number of hydrogen-bond acceptors (Lipinski definition) is 7. The van der Waals surface area contributed by atoms with Crippen LogP contribution in [0.25, 0.3) is 11.3 Å². The molecule has 2 aromatic carbocycles. The molecule has 2 aliphatic rings. The summed E-state index contributed by atoms with van der Waals surface area (Å²) in [6.45, 7) is 14.0. The van der Waals surface area contributed by atoms with Crippen molar-refractivity contribution < 1.29 is 23.9 Å². The van der Waals surface area contributed by atoms with E-state index in [0.29, 0.717) is 11.4 Å². The van der Waals surface area contributed by atoms with E-state index in [1.54, 1.807) is 18.3 Å². The molecule has 0 unspecified atom stereocenters. The first kappa shape index (κ1) is 33.2. The maximum absolute atomic E-state index is 13.5. The highest BCUT2D eigenvalue weighted by Crippen LogP contribution is 2.58. The second-order valence-corrected chi connectivity index (χ2v) is 14.5. The minimum atomic E-state index is -0.609. The standard InChI is InChI=1S/C36H47N5O5/c1-22(2)25-13-15-27-26(14-16-29-35(27,6)17-10-18-36(29,7)32(43)45-8)31(25)38-30(42)21-41-20-28(39-40-41)23-11-9-12-24(19-23)37-33(44)46-34(3,4)5/h9,11-13,15,19-20,22,29H,10,14,16-18,21H2,1-8H3,(H,37,44)(H,38,42)/t29-,35-,36-/m1/s1. The lowest BCUT2D eigenvalue weighted by Gasteiger charge is -2.54. The van der Waals surface area contributed by atoms with E-state index in [1.165, 1.54) is 22.9 Å². The second-order valence-electron chi connectivity index (χ2n) is 14.5. The number of methoxy groups -OCH3 is 1. The van der Waals surface area contributed by atoms with Crippen LogP contribution in [0.3, 0.4) is 0 Å². The van der Waals surface area contributed by atoms with Gasteiger partial charge in [-0.2, -0.15) is 0 Å². The van der Waals surface area contributed by atoms with Crippen LogP contribution in [0.4, 0.5) is 16.2 Å². The third-order valence-electron chi connectivity index (χ3n) is 9.76. The van der Waals surface area contributed by atoms with Crippen LogP contribution >= 0.6 is 0 Å². The number of carbonyl (C=O) groups is 3. The van der Waals surface area contributed by atoms with Gasteiger partial charge in [0.15, 0.2) is 0 Å². The monoisotopic (exact) mass is 629 g/mol. The molecular weight excluding hydrogens is 582 g/mol. The summed E-state index contributed by atoms with van der Waals surface area (Å²) in [6, 6.07) is 11.6. The minimum Gasteiger partial charge on any atom is -0.469 e. The maximum atomic E-state index is 13.5. The minimum absolute atomic E-state index is 0.00957. The maximum Gasteiger partial charge on any atom is 0.412 e. The first-order valence-corrected chi connectivity index (χ1v) is 16.2. The van der Waals surface area contributed by atoms with E-state index < -0.39 is 17.1 Å². The van der Waals surface area contributed by atoms with Gasteiger partial charge in [0.25, 0.3) is 0 Å². The molecule has 0 saturated heterocycles. The van der Waals surface area contributed by atoms with Gasteiger partial charge in [0, 0.05) is 16.9 Å². The van der Waals surface area contributed by atoms with E-state index in [9.17, 15) is 14.4 Å². The highest BCUT2D eigenvalue weighted by atomic mass is 16.6. The van der Waals surface area contributed by atoms with Gasteiger partial charge in [0.05, 0.1) is 18.7 Å². The van der Waals surface area contributed by atoms with Gasteiger partial charge in [0.2, 0.25) is 5.91 Å². The van der Waals surface area contributed by atoms with Crippen molar-refractivity contribution in [3.63, 3.8) is 0 Å². The predicted octanol–water partition coefficient (Wildman–Crippen LogP) is 7.24.